The molecule has 0 radical (unpaired) electrons. The first-order chi connectivity index (χ1) is 8.98. The minimum Gasteiger partial charge on any atom is -0.310 e. The van der Waals surface area contributed by atoms with E-state index in [0.717, 1.165) is 6.07 Å². The Morgan fingerprint density at radius 2 is 1.84 bits per heavy atom. The lowest BCUT2D eigenvalue weighted by Crippen LogP contribution is -2.32. The number of rotatable bonds is 4. The van der Waals surface area contributed by atoms with Gasteiger partial charge in [-0.25, -0.2) is 0 Å². The molecule has 0 spiro atoms. The molecular weight excluding hydrogens is 251 g/mol. The standard InChI is InChI=1S/C15H20F3N/c1-11(12-6-2-3-7-12)19-10-13-8-4-5-9-14(13)15(16,17)18/h4-5,8-9,11-12,19H,2-3,6-7,10H2,1H3. The molecule has 1 unspecified atom stereocenters. The van der Waals surface area contributed by atoms with Crippen molar-refractivity contribution in [3.63, 3.8) is 0 Å². The first kappa shape index (κ1) is 14.4. The summed E-state index contributed by atoms with van der Waals surface area (Å²) in [6, 6.07) is 6.08. The maximum atomic E-state index is 12.8. The van der Waals surface area contributed by atoms with Crippen molar-refractivity contribution in [2.45, 2.75) is 51.4 Å². The van der Waals surface area contributed by atoms with Gasteiger partial charge in [-0.3, -0.25) is 0 Å². The van der Waals surface area contributed by atoms with Crippen molar-refractivity contribution in [2.75, 3.05) is 0 Å². The fraction of sp³-hybridized carbons (Fsp3) is 0.600. The zero-order valence-electron chi connectivity index (χ0n) is 11.1. The maximum Gasteiger partial charge on any atom is 0.416 e. The molecule has 1 N–H and O–H groups in total. The average molecular weight is 271 g/mol. The molecule has 0 aromatic heterocycles. The molecule has 1 aromatic carbocycles. The molecule has 1 saturated carbocycles. The van der Waals surface area contributed by atoms with Gasteiger partial charge in [0, 0.05) is 12.6 Å². The molecule has 0 amide bonds. The Kier molecular flexibility index (Phi) is 4.50. The number of alkyl halides is 3. The van der Waals surface area contributed by atoms with Crippen LogP contribution in [0, 0.1) is 5.92 Å². The minimum absolute atomic E-state index is 0.281. The highest BCUT2D eigenvalue weighted by molar-refractivity contribution is 5.29. The van der Waals surface area contributed by atoms with Gasteiger partial charge in [0.25, 0.3) is 0 Å². The Morgan fingerprint density at radius 1 is 1.21 bits per heavy atom. The van der Waals surface area contributed by atoms with Crippen LogP contribution in [0.3, 0.4) is 0 Å². The molecule has 19 heavy (non-hydrogen) atoms. The van der Waals surface area contributed by atoms with Crippen LogP contribution < -0.4 is 5.32 Å². The molecule has 0 saturated heterocycles. The molecule has 0 aliphatic heterocycles. The van der Waals surface area contributed by atoms with Gasteiger partial charge in [0.1, 0.15) is 0 Å². The molecule has 1 atom stereocenters. The highest BCUT2D eigenvalue weighted by Crippen LogP contribution is 2.32. The number of benzene rings is 1. The van der Waals surface area contributed by atoms with Gasteiger partial charge in [0.2, 0.25) is 0 Å². The second-order valence-corrected chi connectivity index (χ2v) is 5.37. The van der Waals surface area contributed by atoms with Gasteiger partial charge in [0.05, 0.1) is 5.56 Å². The summed E-state index contributed by atoms with van der Waals surface area (Å²) in [4.78, 5) is 0. The molecular formula is C15H20F3N. The van der Waals surface area contributed by atoms with Crippen LogP contribution in [0.4, 0.5) is 13.2 Å². The molecule has 1 nitrogen and oxygen atoms in total. The summed E-state index contributed by atoms with van der Waals surface area (Å²) in [5.41, 5.74) is -0.194. The molecule has 1 aliphatic carbocycles. The lowest BCUT2D eigenvalue weighted by Gasteiger charge is -2.21. The van der Waals surface area contributed by atoms with Gasteiger partial charge in [0.15, 0.2) is 0 Å². The van der Waals surface area contributed by atoms with Crippen molar-refractivity contribution in [1.29, 1.82) is 0 Å². The van der Waals surface area contributed by atoms with Crippen molar-refractivity contribution in [3.05, 3.63) is 35.4 Å². The largest absolute Gasteiger partial charge is 0.416 e. The summed E-state index contributed by atoms with van der Waals surface area (Å²) < 4.78 is 38.5. The normalized spacial score (nSPS) is 18.7. The van der Waals surface area contributed by atoms with Crippen molar-refractivity contribution in [2.24, 2.45) is 5.92 Å². The van der Waals surface area contributed by atoms with Crippen LogP contribution in [0.2, 0.25) is 0 Å². The Hall–Kier alpha value is -1.03. The first-order valence-electron chi connectivity index (χ1n) is 6.87. The van der Waals surface area contributed by atoms with Gasteiger partial charge in [-0.1, -0.05) is 31.0 Å². The van der Waals surface area contributed by atoms with E-state index in [-0.39, 0.29) is 12.6 Å². The molecule has 1 aromatic rings. The smallest absolute Gasteiger partial charge is 0.310 e. The zero-order chi connectivity index (χ0) is 13.9. The average Bonchev–Trinajstić information content (AvgIpc) is 2.89. The second kappa shape index (κ2) is 5.95. The third kappa shape index (κ3) is 3.72. The summed E-state index contributed by atoms with van der Waals surface area (Å²) in [5, 5.41) is 3.25. The Bertz CT molecular complexity index is 408. The lowest BCUT2D eigenvalue weighted by molar-refractivity contribution is -0.138. The van der Waals surface area contributed by atoms with Crippen LogP contribution in [-0.2, 0) is 12.7 Å². The highest BCUT2D eigenvalue weighted by atomic mass is 19.4. The summed E-state index contributed by atoms with van der Waals surface area (Å²) in [5.74, 6) is 0.609. The molecule has 4 heteroatoms. The van der Waals surface area contributed by atoms with E-state index in [4.69, 9.17) is 0 Å². The van der Waals surface area contributed by atoms with E-state index in [1.165, 1.54) is 31.7 Å². The number of hydrogen-bond donors (Lipinski definition) is 1. The van der Waals surface area contributed by atoms with E-state index in [9.17, 15) is 13.2 Å². The summed E-state index contributed by atoms with van der Waals surface area (Å²) in [6.07, 6.45) is 0.602. The number of hydrogen-bond acceptors (Lipinski definition) is 1. The molecule has 0 bridgehead atoms. The van der Waals surface area contributed by atoms with Crippen LogP contribution >= 0.6 is 0 Å². The minimum atomic E-state index is -4.27. The van der Waals surface area contributed by atoms with Crippen LogP contribution in [-0.4, -0.2) is 6.04 Å². The SMILES string of the molecule is CC(NCc1ccccc1C(F)(F)F)C1CCCC1. The predicted octanol–water partition coefficient (Wildman–Crippen LogP) is 4.37. The van der Waals surface area contributed by atoms with E-state index in [0.29, 0.717) is 11.5 Å². The van der Waals surface area contributed by atoms with E-state index in [1.807, 2.05) is 0 Å². The van der Waals surface area contributed by atoms with Crippen LogP contribution in [0.5, 0.6) is 0 Å². The molecule has 1 fully saturated rings. The fourth-order valence-corrected chi connectivity index (χ4v) is 2.85. The van der Waals surface area contributed by atoms with E-state index in [1.54, 1.807) is 12.1 Å². The molecule has 1 aliphatic rings. The Labute approximate surface area is 112 Å². The first-order valence-corrected chi connectivity index (χ1v) is 6.87. The summed E-state index contributed by atoms with van der Waals surface area (Å²) in [7, 11) is 0. The Morgan fingerprint density at radius 3 is 2.47 bits per heavy atom. The molecule has 0 heterocycles. The highest BCUT2D eigenvalue weighted by Gasteiger charge is 2.33. The van der Waals surface area contributed by atoms with Crippen LogP contribution in [0.1, 0.15) is 43.7 Å². The zero-order valence-corrected chi connectivity index (χ0v) is 11.1. The predicted molar refractivity (Wildman–Crippen MR) is 69.7 cm³/mol. The quantitative estimate of drug-likeness (QED) is 0.857. The third-order valence-corrected chi connectivity index (χ3v) is 4.04. The van der Waals surface area contributed by atoms with Crippen molar-refractivity contribution < 1.29 is 13.2 Å². The van der Waals surface area contributed by atoms with Crippen molar-refractivity contribution >= 4 is 0 Å². The van der Waals surface area contributed by atoms with Crippen molar-refractivity contribution in [1.82, 2.24) is 5.32 Å². The third-order valence-electron chi connectivity index (χ3n) is 4.04. The van der Waals surface area contributed by atoms with E-state index in [2.05, 4.69) is 12.2 Å². The summed E-state index contributed by atoms with van der Waals surface area (Å²) in [6.45, 7) is 2.36. The fourth-order valence-electron chi connectivity index (χ4n) is 2.85. The lowest BCUT2D eigenvalue weighted by atomic mass is 9.99. The van der Waals surface area contributed by atoms with E-state index >= 15 is 0 Å². The van der Waals surface area contributed by atoms with E-state index < -0.39 is 11.7 Å². The van der Waals surface area contributed by atoms with Gasteiger partial charge < -0.3 is 5.32 Å². The van der Waals surface area contributed by atoms with Gasteiger partial charge >= 0.3 is 6.18 Å². The number of halogens is 3. The monoisotopic (exact) mass is 271 g/mol. The van der Waals surface area contributed by atoms with Crippen LogP contribution in [0.25, 0.3) is 0 Å². The number of nitrogens with one attached hydrogen (secondary N) is 1. The second-order valence-electron chi connectivity index (χ2n) is 5.37. The van der Waals surface area contributed by atoms with Crippen LogP contribution in [0.15, 0.2) is 24.3 Å². The van der Waals surface area contributed by atoms with Gasteiger partial charge in [-0.05, 0) is 37.3 Å². The molecule has 2 rings (SSSR count). The van der Waals surface area contributed by atoms with Crippen molar-refractivity contribution in [3.8, 4) is 0 Å². The maximum absolute atomic E-state index is 12.8. The molecule has 106 valence electrons. The topological polar surface area (TPSA) is 12.0 Å². The van der Waals surface area contributed by atoms with Gasteiger partial charge in [-0.2, -0.15) is 13.2 Å². The van der Waals surface area contributed by atoms with Gasteiger partial charge in [-0.15, -0.1) is 0 Å². The summed E-state index contributed by atoms with van der Waals surface area (Å²) >= 11 is 0. The Balaban J connectivity index is 1.99.